The van der Waals surface area contributed by atoms with Gasteiger partial charge in [0.25, 0.3) is 0 Å². The molecule has 2 aromatic carbocycles. The Bertz CT molecular complexity index is 1510. The minimum Gasteiger partial charge on any atom is -0.481 e. The van der Waals surface area contributed by atoms with Crippen LogP contribution in [0.4, 0.5) is 0 Å². The molecule has 1 saturated heterocycles. The summed E-state index contributed by atoms with van der Waals surface area (Å²) >= 11 is 12.7. The first-order chi connectivity index (χ1) is 20.1. The van der Waals surface area contributed by atoms with Crippen LogP contribution in [-0.4, -0.2) is 52.2 Å². The predicted octanol–water partition coefficient (Wildman–Crippen LogP) is 5.73. The summed E-state index contributed by atoms with van der Waals surface area (Å²) in [4.78, 5) is 32.8. The molecule has 1 aliphatic carbocycles. The van der Waals surface area contributed by atoms with Gasteiger partial charge in [-0.1, -0.05) is 60.5 Å². The highest BCUT2D eigenvalue weighted by molar-refractivity contribution is 7.69. The number of carboxylic acid groups (broad SMARTS) is 1. The summed E-state index contributed by atoms with van der Waals surface area (Å²) in [6.07, 6.45) is 3.23. The molecule has 0 bridgehead atoms. The molecular weight excluding hydrogens is 597 g/mol. The van der Waals surface area contributed by atoms with E-state index in [9.17, 15) is 23.1 Å². The van der Waals surface area contributed by atoms with Crippen molar-refractivity contribution < 1.29 is 23.1 Å². The maximum absolute atomic E-state index is 14.6. The number of likely N-dealkylation sites (tertiary alicyclic amines) is 1. The zero-order chi connectivity index (χ0) is 30.0. The number of pyridine rings is 1. The Morgan fingerprint density at radius 1 is 1.07 bits per heavy atom. The van der Waals surface area contributed by atoms with E-state index in [1.165, 1.54) is 4.31 Å². The third kappa shape index (κ3) is 6.80. The van der Waals surface area contributed by atoms with Crippen LogP contribution in [0.1, 0.15) is 61.4 Å². The number of aromatic nitrogens is 1. The van der Waals surface area contributed by atoms with E-state index in [1.807, 2.05) is 30.3 Å². The van der Waals surface area contributed by atoms with Gasteiger partial charge in [-0.15, -0.1) is 0 Å². The maximum atomic E-state index is 14.6. The number of amides is 1. The van der Waals surface area contributed by atoms with Gasteiger partial charge in [-0.25, -0.2) is 8.42 Å². The average molecular weight is 631 g/mol. The largest absolute Gasteiger partial charge is 0.481 e. The van der Waals surface area contributed by atoms with Crippen molar-refractivity contribution in [3.8, 4) is 0 Å². The quantitative estimate of drug-likeness (QED) is 0.262. The molecule has 2 heterocycles. The molecule has 4 atom stereocenters. The van der Waals surface area contributed by atoms with E-state index in [4.69, 9.17) is 23.2 Å². The summed E-state index contributed by atoms with van der Waals surface area (Å²) in [5.74, 6) is -1.60. The van der Waals surface area contributed by atoms with Gasteiger partial charge < -0.3 is 10.0 Å². The number of aliphatic carboxylic acids is 1. The number of benzene rings is 2. The van der Waals surface area contributed by atoms with Gasteiger partial charge in [0.05, 0.1) is 30.1 Å². The molecule has 4 unspecified atom stereocenters. The SMILES string of the molecule is CC1(CC(=O)O)CC(c2cccc(Cl)c2)C(c2ccc(Cl)cc2)N(C(CN(Cc2ccccn2)[SH](=O)=O)C2CC2)C1=O. The fraction of sp³-hybridized carbons (Fsp3) is 0.387. The highest BCUT2D eigenvalue weighted by Gasteiger charge is 2.54. The number of rotatable bonds is 11. The minimum atomic E-state index is -3.00. The van der Waals surface area contributed by atoms with E-state index in [0.717, 1.165) is 24.0 Å². The predicted molar refractivity (Wildman–Crippen MR) is 162 cm³/mol. The van der Waals surface area contributed by atoms with Crippen LogP contribution in [-0.2, 0) is 27.0 Å². The molecule has 2 aliphatic rings. The third-order valence-electron chi connectivity index (χ3n) is 8.35. The Morgan fingerprint density at radius 2 is 1.81 bits per heavy atom. The second-order valence-electron chi connectivity index (χ2n) is 11.5. The Hall–Kier alpha value is -2.98. The molecule has 1 amide bonds. The topological polar surface area (TPSA) is 108 Å². The molecule has 11 heteroatoms. The summed E-state index contributed by atoms with van der Waals surface area (Å²) in [5.41, 5.74) is 1.09. The van der Waals surface area contributed by atoms with Crippen LogP contribution in [0.2, 0.25) is 10.0 Å². The third-order valence-corrected chi connectivity index (χ3v) is 9.61. The van der Waals surface area contributed by atoms with Gasteiger partial charge in [0.1, 0.15) is 0 Å². The van der Waals surface area contributed by atoms with Crippen LogP contribution < -0.4 is 0 Å². The van der Waals surface area contributed by atoms with Gasteiger partial charge in [-0.05, 0) is 72.7 Å². The highest BCUT2D eigenvalue weighted by atomic mass is 35.5. The number of piperidine rings is 1. The smallest absolute Gasteiger partial charge is 0.304 e. The summed E-state index contributed by atoms with van der Waals surface area (Å²) in [5, 5.41) is 11.0. The van der Waals surface area contributed by atoms with E-state index < -0.39 is 34.4 Å². The fourth-order valence-corrected chi connectivity index (χ4v) is 7.16. The summed E-state index contributed by atoms with van der Waals surface area (Å²) in [6, 6.07) is 19.1. The molecule has 222 valence electrons. The zero-order valence-electron chi connectivity index (χ0n) is 23.1. The van der Waals surface area contributed by atoms with Gasteiger partial charge >= 0.3 is 5.97 Å². The molecule has 0 spiro atoms. The van der Waals surface area contributed by atoms with Crippen molar-refractivity contribution in [3.05, 3.63) is 99.8 Å². The standard InChI is InChI=1S/C31H33Cl2N3O5S/c1-31(17-28(37)38)16-26(22-5-4-6-24(33)15-22)29(21-10-12-23(32)13-11-21)36(30(31)39)27(20-8-9-20)19-35(42(40)41)18-25-7-2-3-14-34-25/h2-7,10-15,20,26-27,29,42H,8-9,16-19H2,1H3,(H,37,38). The van der Waals surface area contributed by atoms with E-state index in [-0.39, 0.29) is 43.7 Å². The number of halogens is 2. The molecular formula is C31H33Cl2N3O5S. The van der Waals surface area contributed by atoms with E-state index in [1.54, 1.807) is 54.4 Å². The molecule has 8 nitrogen and oxygen atoms in total. The van der Waals surface area contributed by atoms with Gasteiger partial charge in [-0.2, -0.15) is 4.31 Å². The summed E-state index contributed by atoms with van der Waals surface area (Å²) in [6.45, 7) is 1.84. The fourth-order valence-electron chi connectivity index (χ4n) is 6.27. The number of carbonyl (C=O) groups excluding carboxylic acids is 1. The molecule has 1 N–H and O–H groups in total. The molecule has 1 saturated carbocycles. The number of nitrogens with zero attached hydrogens (tertiary/aromatic N) is 3. The first kappa shape index (κ1) is 30.5. The monoisotopic (exact) mass is 629 g/mol. The van der Waals surface area contributed by atoms with Gasteiger partial charge in [0.2, 0.25) is 16.8 Å². The van der Waals surface area contributed by atoms with Crippen LogP contribution in [0.25, 0.3) is 0 Å². The van der Waals surface area contributed by atoms with E-state index in [0.29, 0.717) is 15.7 Å². The van der Waals surface area contributed by atoms with Crippen molar-refractivity contribution in [1.29, 1.82) is 0 Å². The van der Waals surface area contributed by atoms with Crippen molar-refractivity contribution in [1.82, 2.24) is 14.2 Å². The number of thiol groups is 1. The molecule has 3 aromatic rings. The Labute approximate surface area is 257 Å². The van der Waals surface area contributed by atoms with E-state index >= 15 is 0 Å². The van der Waals surface area contributed by atoms with Crippen LogP contribution in [0.5, 0.6) is 0 Å². The number of hydrogen-bond donors (Lipinski definition) is 2. The lowest BCUT2D eigenvalue weighted by atomic mass is 9.67. The highest BCUT2D eigenvalue weighted by Crippen LogP contribution is 2.54. The lowest BCUT2D eigenvalue weighted by Gasteiger charge is -2.52. The molecule has 42 heavy (non-hydrogen) atoms. The Balaban J connectivity index is 1.64. The van der Waals surface area contributed by atoms with E-state index in [2.05, 4.69) is 4.98 Å². The summed E-state index contributed by atoms with van der Waals surface area (Å²) < 4.78 is 26.5. The van der Waals surface area contributed by atoms with Gasteiger partial charge in [-0.3, -0.25) is 14.6 Å². The molecule has 5 rings (SSSR count). The van der Waals surface area contributed by atoms with Crippen molar-refractivity contribution >= 4 is 46.0 Å². The van der Waals surface area contributed by atoms with Crippen molar-refractivity contribution in [3.63, 3.8) is 0 Å². The zero-order valence-corrected chi connectivity index (χ0v) is 25.5. The van der Waals surface area contributed by atoms with Crippen molar-refractivity contribution in [2.24, 2.45) is 11.3 Å². The average Bonchev–Trinajstić information content (AvgIpc) is 3.79. The van der Waals surface area contributed by atoms with Crippen LogP contribution in [0, 0.1) is 11.3 Å². The van der Waals surface area contributed by atoms with Crippen molar-refractivity contribution in [2.45, 2.75) is 57.2 Å². The van der Waals surface area contributed by atoms with Gasteiger partial charge in [0, 0.05) is 34.7 Å². The minimum absolute atomic E-state index is 0.0668. The maximum Gasteiger partial charge on any atom is 0.304 e. The van der Waals surface area contributed by atoms with Crippen LogP contribution in [0.15, 0.2) is 72.9 Å². The molecule has 1 aromatic heterocycles. The lowest BCUT2D eigenvalue weighted by Crippen LogP contribution is -2.58. The van der Waals surface area contributed by atoms with Crippen LogP contribution in [0.3, 0.4) is 0 Å². The normalized spacial score (nSPS) is 23.4. The molecule has 2 fully saturated rings. The first-order valence-corrected chi connectivity index (χ1v) is 15.8. The lowest BCUT2D eigenvalue weighted by molar-refractivity contribution is -0.161. The summed E-state index contributed by atoms with van der Waals surface area (Å²) in [7, 11) is -3.00. The number of carboxylic acids is 1. The van der Waals surface area contributed by atoms with Gasteiger partial charge in [0.15, 0.2) is 0 Å². The number of hydrogen-bond acceptors (Lipinski definition) is 5. The number of carbonyl (C=O) groups is 2. The second kappa shape index (κ2) is 12.7. The molecule has 0 radical (unpaired) electrons. The second-order valence-corrected chi connectivity index (χ2v) is 13.4. The first-order valence-electron chi connectivity index (χ1n) is 13.9. The molecule has 1 aliphatic heterocycles. The van der Waals surface area contributed by atoms with Crippen molar-refractivity contribution in [2.75, 3.05) is 6.54 Å². The Morgan fingerprint density at radius 3 is 2.40 bits per heavy atom. The Kier molecular flexibility index (Phi) is 9.23. The van der Waals surface area contributed by atoms with Crippen LogP contribution >= 0.6 is 23.2 Å².